The molecule has 0 atom stereocenters. The lowest BCUT2D eigenvalue weighted by molar-refractivity contribution is 0.128. The number of aryl methyl sites for hydroxylation is 1. The molecule has 0 amide bonds. The molecule has 0 aliphatic carbocycles. The van der Waals surface area contributed by atoms with Gasteiger partial charge in [-0.1, -0.05) is 18.5 Å². The number of tetrazole rings is 1. The first kappa shape index (κ1) is 14.7. The Bertz CT molecular complexity index is 557. The monoisotopic (exact) mass is 295 g/mol. The van der Waals surface area contributed by atoms with Gasteiger partial charge in [-0.25, -0.2) is 4.68 Å². The number of hydrogen-bond acceptors (Lipinski definition) is 5. The van der Waals surface area contributed by atoms with E-state index < -0.39 is 0 Å². The second-order valence-corrected chi connectivity index (χ2v) is 4.84. The van der Waals surface area contributed by atoms with E-state index in [9.17, 15) is 0 Å². The quantitative estimate of drug-likeness (QED) is 0.627. The van der Waals surface area contributed by atoms with E-state index in [0.29, 0.717) is 29.7 Å². The van der Waals surface area contributed by atoms with E-state index in [0.717, 1.165) is 25.0 Å². The van der Waals surface area contributed by atoms with Gasteiger partial charge in [0.05, 0.1) is 5.02 Å². The first-order valence-corrected chi connectivity index (χ1v) is 6.99. The van der Waals surface area contributed by atoms with Crippen molar-refractivity contribution in [3.63, 3.8) is 0 Å². The summed E-state index contributed by atoms with van der Waals surface area (Å²) >= 11 is 6.18. The summed E-state index contributed by atoms with van der Waals surface area (Å²) in [5.41, 5.74) is 7.08. The maximum Gasteiger partial charge on any atom is 0.183 e. The molecule has 2 N–H and O–H groups in total. The maximum absolute atomic E-state index is 6.18. The third kappa shape index (κ3) is 3.68. The van der Waals surface area contributed by atoms with E-state index in [-0.39, 0.29) is 0 Å². The summed E-state index contributed by atoms with van der Waals surface area (Å²) in [5, 5.41) is 12.3. The van der Waals surface area contributed by atoms with Crippen LogP contribution in [0, 0.1) is 0 Å². The largest absolute Gasteiger partial charge is 0.399 e. The molecule has 6 nitrogen and oxygen atoms in total. The number of anilines is 1. The standard InChI is InChI=1S/C13H18ClN5O/c1-2-7-20-8-3-6-19-13(16-17-18-19)11-5-4-10(15)9-12(11)14/h4-5,9H,2-3,6-8,15H2,1H3. The van der Waals surface area contributed by atoms with Gasteiger partial charge in [-0.05, 0) is 41.5 Å². The van der Waals surface area contributed by atoms with E-state index in [1.54, 1.807) is 16.8 Å². The van der Waals surface area contributed by atoms with Crippen molar-refractivity contribution in [3.05, 3.63) is 23.2 Å². The van der Waals surface area contributed by atoms with Crippen LogP contribution in [0.4, 0.5) is 5.69 Å². The molecule has 0 aliphatic heterocycles. The molecule has 20 heavy (non-hydrogen) atoms. The minimum absolute atomic E-state index is 0.545. The summed E-state index contributed by atoms with van der Waals surface area (Å²) in [6.45, 7) is 4.25. The lowest BCUT2D eigenvalue weighted by Crippen LogP contribution is -2.07. The molecule has 2 aromatic rings. The lowest BCUT2D eigenvalue weighted by Gasteiger charge is -2.07. The Morgan fingerprint density at radius 1 is 1.35 bits per heavy atom. The number of nitrogens with two attached hydrogens (primary N) is 1. The zero-order chi connectivity index (χ0) is 14.4. The summed E-state index contributed by atoms with van der Waals surface area (Å²) in [4.78, 5) is 0. The Morgan fingerprint density at radius 2 is 2.20 bits per heavy atom. The fourth-order valence-electron chi connectivity index (χ4n) is 1.82. The van der Waals surface area contributed by atoms with Crippen LogP contribution in [0.15, 0.2) is 18.2 Å². The van der Waals surface area contributed by atoms with Crippen LogP contribution in [0.25, 0.3) is 11.4 Å². The third-order valence-electron chi connectivity index (χ3n) is 2.77. The molecule has 0 unspecified atom stereocenters. The van der Waals surface area contributed by atoms with Crippen LogP contribution in [0.3, 0.4) is 0 Å². The minimum atomic E-state index is 0.545. The normalized spacial score (nSPS) is 10.9. The molecular formula is C13H18ClN5O. The molecule has 1 heterocycles. The topological polar surface area (TPSA) is 78.8 Å². The molecule has 0 radical (unpaired) electrons. The number of hydrogen-bond donors (Lipinski definition) is 1. The minimum Gasteiger partial charge on any atom is -0.399 e. The van der Waals surface area contributed by atoms with E-state index in [1.807, 2.05) is 6.07 Å². The predicted octanol–water partition coefficient (Wildman–Crippen LogP) is 2.39. The van der Waals surface area contributed by atoms with Crippen LogP contribution in [0.1, 0.15) is 19.8 Å². The smallest absolute Gasteiger partial charge is 0.183 e. The van der Waals surface area contributed by atoms with Gasteiger partial charge in [-0.3, -0.25) is 0 Å². The summed E-state index contributed by atoms with van der Waals surface area (Å²) in [5.74, 6) is 0.644. The second kappa shape index (κ2) is 7.21. The lowest BCUT2D eigenvalue weighted by atomic mass is 10.2. The van der Waals surface area contributed by atoms with Crippen molar-refractivity contribution in [2.75, 3.05) is 18.9 Å². The number of aromatic nitrogens is 4. The highest BCUT2D eigenvalue weighted by atomic mass is 35.5. The van der Waals surface area contributed by atoms with E-state index >= 15 is 0 Å². The second-order valence-electron chi connectivity index (χ2n) is 4.43. The van der Waals surface area contributed by atoms with Crippen LogP contribution in [0.5, 0.6) is 0 Å². The van der Waals surface area contributed by atoms with Gasteiger partial charge in [0.25, 0.3) is 0 Å². The van der Waals surface area contributed by atoms with E-state index in [4.69, 9.17) is 22.1 Å². The SMILES string of the molecule is CCCOCCCn1nnnc1-c1ccc(N)cc1Cl. The first-order valence-electron chi connectivity index (χ1n) is 6.61. The highest BCUT2D eigenvalue weighted by molar-refractivity contribution is 6.33. The number of halogens is 1. The van der Waals surface area contributed by atoms with Gasteiger partial charge >= 0.3 is 0 Å². The number of rotatable bonds is 7. The van der Waals surface area contributed by atoms with Gasteiger partial charge in [0.2, 0.25) is 0 Å². The average Bonchev–Trinajstić information content (AvgIpc) is 2.87. The molecule has 1 aromatic carbocycles. The van der Waals surface area contributed by atoms with Crippen molar-refractivity contribution < 1.29 is 4.74 Å². The van der Waals surface area contributed by atoms with Gasteiger partial charge in [0, 0.05) is 31.0 Å². The molecule has 0 aliphatic rings. The Morgan fingerprint density at radius 3 is 2.95 bits per heavy atom. The summed E-state index contributed by atoms with van der Waals surface area (Å²) in [6, 6.07) is 5.30. The molecule has 1 aromatic heterocycles. The number of ether oxygens (including phenoxy) is 1. The summed E-state index contributed by atoms with van der Waals surface area (Å²) in [7, 11) is 0. The molecule has 2 rings (SSSR count). The van der Waals surface area contributed by atoms with Crippen molar-refractivity contribution in [3.8, 4) is 11.4 Å². The van der Waals surface area contributed by atoms with Crippen LogP contribution < -0.4 is 5.73 Å². The van der Waals surface area contributed by atoms with Gasteiger partial charge in [-0.15, -0.1) is 5.10 Å². The van der Waals surface area contributed by atoms with Crippen LogP contribution in [0.2, 0.25) is 5.02 Å². The molecule has 108 valence electrons. The number of nitrogen functional groups attached to an aromatic ring is 1. The molecule has 0 saturated heterocycles. The zero-order valence-corrected chi connectivity index (χ0v) is 12.2. The van der Waals surface area contributed by atoms with Crippen molar-refractivity contribution in [2.45, 2.75) is 26.3 Å². The van der Waals surface area contributed by atoms with Crippen molar-refractivity contribution in [1.82, 2.24) is 20.2 Å². The Hall–Kier alpha value is -1.66. The average molecular weight is 296 g/mol. The van der Waals surface area contributed by atoms with E-state index in [1.165, 1.54) is 0 Å². The Labute approximate surface area is 122 Å². The molecule has 0 spiro atoms. The first-order chi connectivity index (χ1) is 9.72. The Balaban J connectivity index is 2.04. The van der Waals surface area contributed by atoms with Crippen LogP contribution in [-0.2, 0) is 11.3 Å². The highest BCUT2D eigenvalue weighted by Crippen LogP contribution is 2.27. The fraction of sp³-hybridized carbons (Fsp3) is 0.462. The highest BCUT2D eigenvalue weighted by Gasteiger charge is 2.12. The molecular weight excluding hydrogens is 278 g/mol. The zero-order valence-electron chi connectivity index (χ0n) is 11.4. The van der Waals surface area contributed by atoms with Crippen LogP contribution >= 0.6 is 11.6 Å². The predicted molar refractivity (Wildman–Crippen MR) is 78.4 cm³/mol. The molecule has 0 saturated carbocycles. The number of benzene rings is 1. The van der Waals surface area contributed by atoms with Crippen molar-refractivity contribution in [2.24, 2.45) is 0 Å². The van der Waals surface area contributed by atoms with Crippen molar-refractivity contribution in [1.29, 1.82) is 0 Å². The summed E-state index contributed by atoms with van der Waals surface area (Å²) in [6.07, 6.45) is 1.88. The third-order valence-corrected chi connectivity index (χ3v) is 3.09. The van der Waals surface area contributed by atoms with Gasteiger partial charge < -0.3 is 10.5 Å². The number of nitrogens with zero attached hydrogens (tertiary/aromatic N) is 4. The molecule has 7 heteroatoms. The molecule has 0 bridgehead atoms. The van der Waals surface area contributed by atoms with Gasteiger partial charge in [0.15, 0.2) is 5.82 Å². The Kier molecular flexibility index (Phi) is 5.31. The molecule has 0 fully saturated rings. The van der Waals surface area contributed by atoms with E-state index in [2.05, 4.69) is 22.4 Å². The van der Waals surface area contributed by atoms with Gasteiger partial charge in [0.1, 0.15) is 0 Å². The van der Waals surface area contributed by atoms with Crippen LogP contribution in [-0.4, -0.2) is 33.4 Å². The summed E-state index contributed by atoms with van der Waals surface area (Å²) < 4.78 is 7.17. The van der Waals surface area contributed by atoms with Crippen molar-refractivity contribution >= 4 is 17.3 Å². The van der Waals surface area contributed by atoms with Gasteiger partial charge in [-0.2, -0.15) is 0 Å². The fourth-order valence-corrected chi connectivity index (χ4v) is 2.10. The maximum atomic E-state index is 6.18.